The maximum atomic E-state index is 13.7. The zero-order valence-corrected chi connectivity index (χ0v) is 21.0. The molecule has 8 heteroatoms. The third-order valence-corrected chi connectivity index (χ3v) is 6.19. The van der Waals surface area contributed by atoms with Gasteiger partial charge in [0.1, 0.15) is 11.8 Å². The van der Waals surface area contributed by atoms with Gasteiger partial charge in [-0.2, -0.15) is 0 Å². The van der Waals surface area contributed by atoms with Crippen LogP contribution in [0, 0.1) is 6.92 Å². The van der Waals surface area contributed by atoms with Crippen LogP contribution < -0.4 is 9.64 Å². The summed E-state index contributed by atoms with van der Waals surface area (Å²) < 4.78 is 10.3. The van der Waals surface area contributed by atoms with E-state index in [0.29, 0.717) is 22.6 Å². The van der Waals surface area contributed by atoms with Gasteiger partial charge in [-0.3, -0.25) is 14.4 Å². The summed E-state index contributed by atoms with van der Waals surface area (Å²) in [5.41, 5.74) is 2.90. The summed E-state index contributed by atoms with van der Waals surface area (Å²) >= 11 is 0. The lowest BCUT2D eigenvalue weighted by atomic mass is 10.1. The molecule has 190 valence electrons. The first-order chi connectivity index (χ1) is 17.8. The highest BCUT2D eigenvalue weighted by Crippen LogP contribution is 2.29. The molecule has 0 saturated carbocycles. The third-order valence-electron chi connectivity index (χ3n) is 6.19. The highest BCUT2D eigenvalue weighted by Gasteiger charge is 2.44. The summed E-state index contributed by atoms with van der Waals surface area (Å²) in [5.74, 6) is -1.29. The van der Waals surface area contributed by atoms with Gasteiger partial charge < -0.3 is 14.4 Å². The van der Waals surface area contributed by atoms with Gasteiger partial charge in [0.15, 0.2) is 0 Å². The molecule has 0 bridgehead atoms. The highest BCUT2D eigenvalue weighted by molar-refractivity contribution is 6.23. The molecule has 1 fully saturated rings. The van der Waals surface area contributed by atoms with Crippen molar-refractivity contribution in [3.8, 4) is 5.75 Å². The fourth-order valence-electron chi connectivity index (χ4n) is 4.23. The van der Waals surface area contributed by atoms with Gasteiger partial charge >= 0.3 is 5.97 Å². The van der Waals surface area contributed by atoms with E-state index in [9.17, 15) is 19.2 Å². The molecule has 3 aromatic rings. The second kappa shape index (κ2) is 11.1. The number of imide groups is 1. The SMILES string of the molecule is CCOC(=O)c1ccc(N2C(=O)CC(N(Cc3ccc(C)cc3)C(=O)c3cccc(OC)c3)C2=O)cc1. The summed E-state index contributed by atoms with van der Waals surface area (Å²) in [6.45, 7) is 4.06. The molecule has 1 atom stereocenters. The molecule has 0 aromatic heterocycles. The fraction of sp³-hybridized carbons (Fsp3) is 0.241. The Morgan fingerprint density at radius 2 is 1.68 bits per heavy atom. The minimum absolute atomic E-state index is 0.148. The first-order valence-electron chi connectivity index (χ1n) is 12.0. The average molecular weight is 501 g/mol. The number of rotatable bonds is 8. The molecule has 0 N–H and O–H groups in total. The van der Waals surface area contributed by atoms with Crippen molar-refractivity contribution in [1.29, 1.82) is 0 Å². The normalized spacial score (nSPS) is 15.0. The average Bonchev–Trinajstić information content (AvgIpc) is 3.21. The second-order valence-corrected chi connectivity index (χ2v) is 8.71. The van der Waals surface area contributed by atoms with Crippen LogP contribution in [0.25, 0.3) is 0 Å². The number of aryl methyl sites for hydroxylation is 1. The van der Waals surface area contributed by atoms with Gasteiger partial charge in [-0.15, -0.1) is 0 Å². The number of ether oxygens (including phenoxy) is 2. The lowest BCUT2D eigenvalue weighted by molar-refractivity contribution is -0.122. The number of benzene rings is 3. The number of hydrogen-bond donors (Lipinski definition) is 0. The summed E-state index contributed by atoms with van der Waals surface area (Å²) in [4.78, 5) is 54.8. The van der Waals surface area contributed by atoms with Crippen molar-refractivity contribution in [2.45, 2.75) is 32.9 Å². The van der Waals surface area contributed by atoms with Crippen molar-refractivity contribution in [3.05, 3.63) is 95.1 Å². The van der Waals surface area contributed by atoms with E-state index in [-0.39, 0.29) is 25.5 Å². The second-order valence-electron chi connectivity index (χ2n) is 8.71. The fourth-order valence-corrected chi connectivity index (χ4v) is 4.23. The Hall–Kier alpha value is -4.46. The van der Waals surface area contributed by atoms with E-state index in [1.165, 1.54) is 36.3 Å². The molecule has 3 aromatic carbocycles. The van der Waals surface area contributed by atoms with E-state index >= 15 is 0 Å². The summed E-state index contributed by atoms with van der Waals surface area (Å²) in [6, 6.07) is 19.4. The maximum Gasteiger partial charge on any atom is 0.338 e. The largest absolute Gasteiger partial charge is 0.497 e. The maximum absolute atomic E-state index is 13.7. The van der Waals surface area contributed by atoms with Crippen molar-refractivity contribution in [2.75, 3.05) is 18.6 Å². The quantitative estimate of drug-likeness (QED) is 0.341. The molecule has 0 radical (unpaired) electrons. The number of amides is 3. The first-order valence-corrected chi connectivity index (χ1v) is 12.0. The van der Waals surface area contributed by atoms with Crippen molar-refractivity contribution in [2.24, 2.45) is 0 Å². The molecular formula is C29H28N2O6. The molecule has 1 aliphatic rings. The van der Waals surface area contributed by atoms with Crippen LogP contribution >= 0.6 is 0 Å². The Bertz CT molecular complexity index is 1320. The lowest BCUT2D eigenvalue weighted by Gasteiger charge is -2.28. The monoisotopic (exact) mass is 500 g/mol. The predicted octanol–water partition coefficient (Wildman–Crippen LogP) is 4.15. The molecule has 1 unspecified atom stereocenters. The van der Waals surface area contributed by atoms with E-state index in [1.54, 1.807) is 31.2 Å². The van der Waals surface area contributed by atoms with Crippen LogP contribution in [0.15, 0.2) is 72.8 Å². The van der Waals surface area contributed by atoms with Crippen molar-refractivity contribution >= 4 is 29.4 Å². The van der Waals surface area contributed by atoms with E-state index < -0.39 is 23.8 Å². The number of methoxy groups -OCH3 is 1. The number of hydrogen-bond acceptors (Lipinski definition) is 6. The van der Waals surface area contributed by atoms with E-state index in [0.717, 1.165) is 16.0 Å². The van der Waals surface area contributed by atoms with Gasteiger partial charge in [-0.1, -0.05) is 35.9 Å². The van der Waals surface area contributed by atoms with Gasteiger partial charge in [-0.25, -0.2) is 9.69 Å². The number of nitrogens with zero attached hydrogens (tertiary/aromatic N) is 2. The van der Waals surface area contributed by atoms with Gasteiger partial charge in [0.05, 0.1) is 31.4 Å². The van der Waals surface area contributed by atoms with Gasteiger partial charge in [0.25, 0.3) is 11.8 Å². The van der Waals surface area contributed by atoms with Gasteiger partial charge in [-0.05, 0) is 61.9 Å². The van der Waals surface area contributed by atoms with Crippen LogP contribution in [0.3, 0.4) is 0 Å². The minimum Gasteiger partial charge on any atom is -0.497 e. The van der Waals surface area contributed by atoms with Crippen molar-refractivity contribution < 1.29 is 28.7 Å². The molecular weight excluding hydrogens is 472 g/mol. The van der Waals surface area contributed by atoms with E-state index in [2.05, 4.69) is 0 Å². The van der Waals surface area contributed by atoms with E-state index in [1.807, 2.05) is 31.2 Å². The van der Waals surface area contributed by atoms with Crippen LogP contribution in [0.5, 0.6) is 5.75 Å². The molecule has 0 spiro atoms. The van der Waals surface area contributed by atoms with Gasteiger partial charge in [0.2, 0.25) is 5.91 Å². The number of carbonyl (C=O) groups is 4. The highest BCUT2D eigenvalue weighted by atomic mass is 16.5. The summed E-state index contributed by atoms with van der Waals surface area (Å²) in [7, 11) is 1.51. The standard InChI is InChI=1S/C29H28N2O6/c1-4-37-29(35)21-12-14-23(15-13-21)31-26(32)17-25(28(31)34)30(18-20-10-8-19(2)9-11-20)27(33)22-6-5-7-24(16-22)36-3/h5-16,25H,4,17-18H2,1-3H3. The Labute approximate surface area is 215 Å². The lowest BCUT2D eigenvalue weighted by Crippen LogP contribution is -2.45. The Morgan fingerprint density at radius 3 is 2.32 bits per heavy atom. The molecule has 1 aliphatic heterocycles. The smallest absolute Gasteiger partial charge is 0.338 e. The number of anilines is 1. The van der Waals surface area contributed by atoms with Crippen molar-refractivity contribution in [1.82, 2.24) is 4.90 Å². The molecule has 0 aliphatic carbocycles. The zero-order valence-electron chi connectivity index (χ0n) is 21.0. The third kappa shape index (κ3) is 5.53. The predicted molar refractivity (Wildman–Crippen MR) is 137 cm³/mol. The Balaban J connectivity index is 1.65. The van der Waals surface area contributed by atoms with Crippen LogP contribution in [0.1, 0.15) is 45.2 Å². The molecule has 1 saturated heterocycles. The summed E-state index contributed by atoms with van der Waals surface area (Å²) in [5, 5.41) is 0. The van der Waals surface area contributed by atoms with E-state index in [4.69, 9.17) is 9.47 Å². The number of esters is 1. The van der Waals surface area contributed by atoms with Crippen LogP contribution in [-0.4, -0.2) is 48.3 Å². The molecule has 8 nitrogen and oxygen atoms in total. The summed E-state index contributed by atoms with van der Waals surface area (Å²) in [6.07, 6.45) is -0.153. The Morgan fingerprint density at radius 1 is 0.973 bits per heavy atom. The first kappa shape index (κ1) is 25.6. The topological polar surface area (TPSA) is 93.2 Å². The zero-order chi connectivity index (χ0) is 26.5. The van der Waals surface area contributed by atoms with Crippen molar-refractivity contribution in [3.63, 3.8) is 0 Å². The molecule has 1 heterocycles. The Kier molecular flexibility index (Phi) is 7.67. The van der Waals surface area contributed by atoms with Crippen LogP contribution in [0.4, 0.5) is 5.69 Å². The number of carbonyl (C=O) groups excluding carboxylic acids is 4. The van der Waals surface area contributed by atoms with Crippen LogP contribution in [-0.2, 0) is 20.9 Å². The molecule has 4 rings (SSSR count). The molecule has 37 heavy (non-hydrogen) atoms. The van der Waals surface area contributed by atoms with Gasteiger partial charge in [0, 0.05) is 12.1 Å². The minimum atomic E-state index is -0.989. The van der Waals surface area contributed by atoms with Crippen LogP contribution in [0.2, 0.25) is 0 Å². The molecule has 3 amide bonds.